The normalized spacial score (nSPS) is 14.6. The summed E-state index contributed by atoms with van der Waals surface area (Å²) in [7, 11) is 0. The molecule has 0 atom stereocenters. The summed E-state index contributed by atoms with van der Waals surface area (Å²) in [5.41, 5.74) is 8.82. The highest BCUT2D eigenvalue weighted by Gasteiger charge is 2.16. The summed E-state index contributed by atoms with van der Waals surface area (Å²) in [6.45, 7) is 2.41. The Bertz CT molecular complexity index is 680. The molecule has 0 bridgehead atoms. The number of pyridine rings is 1. The number of aromatic nitrogens is 1. The van der Waals surface area contributed by atoms with Crippen molar-refractivity contribution in [2.45, 2.75) is 25.8 Å². The molecule has 2 heterocycles. The van der Waals surface area contributed by atoms with E-state index in [-0.39, 0.29) is 5.91 Å². The van der Waals surface area contributed by atoms with Crippen LogP contribution in [0.25, 0.3) is 0 Å². The van der Waals surface area contributed by atoms with Crippen molar-refractivity contribution in [3.05, 3.63) is 53.9 Å². The van der Waals surface area contributed by atoms with E-state index < -0.39 is 0 Å². The summed E-state index contributed by atoms with van der Waals surface area (Å²) in [6, 6.07) is 11.4. The molecule has 1 amide bonds. The Kier molecular flexibility index (Phi) is 4.88. The van der Waals surface area contributed by atoms with Crippen molar-refractivity contribution in [3.63, 3.8) is 0 Å². The van der Waals surface area contributed by atoms with Gasteiger partial charge in [-0.05, 0) is 43.5 Å². The highest BCUT2D eigenvalue weighted by atomic mass is 16.1. The van der Waals surface area contributed by atoms with Gasteiger partial charge in [0.2, 0.25) is 0 Å². The lowest BCUT2D eigenvalue weighted by atomic mass is 10.1. The molecular formula is C18H22N4O. The lowest BCUT2D eigenvalue weighted by Crippen LogP contribution is -2.30. The number of hydrogen-bond acceptors (Lipinski definition) is 4. The van der Waals surface area contributed by atoms with E-state index in [1.807, 2.05) is 18.2 Å². The van der Waals surface area contributed by atoms with Crippen LogP contribution in [0.3, 0.4) is 0 Å². The second-order valence-electron chi connectivity index (χ2n) is 5.76. The third kappa shape index (κ3) is 3.68. The Morgan fingerprint density at radius 1 is 1.17 bits per heavy atom. The fourth-order valence-corrected chi connectivity index (χ4v) is 2.92. The van der Waals surface area contributed by atoms with Gasteiger partial charge >= 0.3 is 0 Å². The van der Waals surface area contributed by atoms with E-state index in [1.165, 1.54) is 19.3 Å². The average molecular weight is 310 g/mol. The van der Waals surface area contributed by atoms with E-state index in [0.717, 1.165) is 24.5 Å². The summed E-state index contributed by atoms with van der Waals surface area (Å²) >= 11 is 0. The molecule has 3 rings (SSSR count). The number of anilines is 2. The van der Waals surface area contributed by atoms with Crippen LogP contribution in [0.15, 0.2) is 42.6 Å². The SMILES string of the molecule is NCc1cc(C(=O)Nc2ccccc2N2CCCCC2)ccn1. The van der Waals surface area contributed by atoms with Gasteiger partial charge in [-0.15, -0.1) is 0 Å². The smallest absolute Gasteiger partial charge is 0.255 e. The second kappa shape index (κ2) is 7.24. The summed E-state index contributed by atoms with van der Waals surface area (Å²) in [5.74, 6) is -0.133. The third-order valence-corrected chi connectivity index (χ3v) is 4.14. The Labute approximate surface area is 136 Å². The Hall–Kier alpha value is -2.40. The Morgan fingerprint density at radius 3 is 2.74 bits per heavy atom. The fraction of sp³-hybridized carbons (Fsp3) is 0.333. The van der Waals surface area contributed by atoms with Crippen molar-refractivity contribution in [2.24, 2.45) is 5.73 Å². The first-order valence-corrected chi connectivity index (χ1v) is 8.08. The van der Waals surface area contributed by atoms with Gasteiger partial charge in [0.1, 0.15) is 0 Å². The molecule has 0 spiro atoms. The minimum atomic E-state index is -0.133. The van der Waals surface area contributed by atoms with E-state index in [1.54, 1.807) is 18.3 Å². The number of carbonyl (C=O) groups excluding carboxylic acids is 1. The average Bonchev–Trinajstić information content (AvgIpc) is 2.63. The van der Waals surface area contributed by atoms with Crippen LogP contribution in [-0.4, -0.2) is 24.0 Å². The number of nitrogens with zero attached hydrogens (tertiary/aromatic N) is 2. The van der Waals surface area contributed by atoms with Crippen LogP contribution >= 0.6 is 0 Å². The van der Waals surface area contributed by atoms with Crippen molar-refractivity contribution in [3.8, 4) is 0 Å². The van der Waals surface area contributed by atoms with Gasteiger partial charge in [-0.3, -0.25) is 9.78 Å². The highest BCUT2D eigenvalue weighted by Crippen LogP contribution is 2.28. The zero-order valence-corrected chi connectivity index (χ0v) is 13.2. The summed E-state index contributed by atoms with van der Waals surface area (Å²) in [4.78, 5) is 19.0. The van der Waals surface area contributed by atoms with Crippen LogP contribution in [0.5, 0.6) is 0 Å². The number of hydrogen-bond donors (Lipinski definition) is 2. The van der Waals surface area contributed by atoms with E-state index in [0.29, 0.717) is 17.8 Å². The van der Waals surface area contributed by atoms with Gasteiger partial charge < -0.3 is 16.0 Å². The monoisotopic (exact) mass is 310 g/mol. The van der Waals surface area contributed by atoms with E-state index in [4.69, 9.17) is 5.73 Å². The zero-order valence-electron chi connectivity index (χ0n) is 13.2. The summed E-state index contributed by atoms with van der Waals surface area (Å²) in [6.07, 6.45) is 5.30. The number of amides is 1. The van der Waals surface area contributed by atoms with Crippen molar-refractivity contribution in [1.29, 1.82) is 0 Å². The minimum absolute atomic E-state index is 0.133. The number of nitrogens with two attached hydrogens (primary N) is 1. The molecule has 23 heavy (non-hydrogen) atoms. The van der Waals surface area contributed by atoms with Crippen molar-refractivity contribution >= 4 is 17.3 Å². The molecule has 5 nitrogen and oxygen atoms in total. The molecule has 5 heteroatoms. The van der Waals surface area contributed by atoms with Gasteiger partial charge in [0.05, 0.1) is 17.1 Å². The minimum Gasteiger partial charge on any atom is -0.370 e. The maximum absolute atomic E-state index is 12.5. The Morgan fingerprint density at radius 2 is 1.96 bits per heavy atom. The summed E-state index contributed by atoms with van der Waals surface area (Å²) in [5, 5.41) is 3.03. The van der Waals surface area contributed by atoms with Crippen molar-refractivity contribution in [1.82, 2.24) is 4.98 Å². The van der Waals surface area contributed by atoms with Crippen LogP contribution in [0, 0.1) is 0 Å². The maximum Gasteiger partial charge on any atom is 0.255 e. The van der Waals surface area contributed by atoms with Gasteiger partial charge in [0.15, 0.2) is 0 Å². The predicted molar refractivity (Wildman–Crippen MR) is 92.6 cm³/mol. The molecule has 0 saturated carbocycles. The molecule has 1 aromatic heterocycles. The van der Waals surface area contributed by atoms with Crippen LogP contribution in [0.2, 0.25) is 0 Å². The first-order chi connectivity index (χ1) is 11.3. The van der Waals surface area contributed by atoms with Gasteiger partial charge in [0.25, 0.3) is 5.91 Å². The molecule has 1 aliphatic heterocycles. The molecule has 0 aliphatic carbocycles. The largest absolute Gasteiger partial charge is 0.370 e. The van der Waals surface area contributed by atoms with Gasteiger partial charge in [-0.25, -0.2) is 0 Å². The number of benzene rings is 1. The molecule has 120 valence electrons. The standard InChI is InChI=1S/C18H22N4O/c19-13-15-12-14(8-9-20-15)18(23)21-16-6-2-3-7-17(16)22-10-4-1-5-11-22/h2-3,6-9,12H,1,4-5,10-11,13,19H2,(H,21,23). The van der Waals surface area contributed by atoms with Crippen molar-refractivity contribution < 1.29 is 4.79 Å². The quantitative estimate of drug-likeness (QED) is 0.911. The lowest BCUT2D eigenvalue weighted by molar-refractivity contribution is 0.102. The van der Waals surface area contributed by atoms with E-state index in [9.17, 15) is 4.79 Å². The molecule has 2 aromatic rings. The van der Waals surface area contributed by atoms with Crippen LogP contribution < -0.4 is 16.0 Å². The molecular weight excluding hydrogens is 288 g/mol. The van der Waals surface area contributed by atoms with Gasteiger partial charge in [0, 0.05) is 31.4 Å². The van der Waals surface area contributed by atoms with Crippen molar-refractivity contribution in [2.75, 3.05) is 23.3 Å². The summed E-state index contributed by atoms with van der Waals surface area (Å²) < 4.78 is 0. The number of piperidine rings is 1. The van der Waals surface area contributed by atoms with Crippen LogP contribution in [0.4, 0.5) is 11.4 Å². The molecule has 1 saturated heterocycles. The molecule has 3 N–H and O–H groups in total. The number of para-hydroxylation sites is 2. The van der Waals surface area contributed by atoms with Gasteiger partial charge in [-0.2, -0.15) is 0 Å². The topological polar surface area (TPSA) is 71.2 Å². The molecule has 0 radical (unpaired) electrons. The predicted octanol–water partition coefficient (Wildman–Crippen LogP) is 2.78. The van der Waals surface area contributed by atoms with Crippen LogP contribution in [-0.2, 0) is 6.54 Å². The van der Waals surface area contributed by atoms with Gasteiger partial charge in [-0.1, -0.05) is 12.1 Å². The van der Waals surface area contributed by atoms with E-state index in [2.05, 4.69) is 21.3 Å². The molecule has 1 aliphatic rings. The highest BCUT2D eigenvalue weighted by molar-refractivity contribution is 6.06. The molecule has 1 aromatic carbocycles. The second-order valence-corrected chi connectivity index (χ2v) is 5.76. The number of rotatable bonds is 4. The lowest BCUT2D eigenvalue weighted by Gasteiger charge is -2.30. The molecule has 1 fully saturated rings. The number of nitrogens with one attached hydrogen (secondary N) is 1. The number of carbonyl (C=O) groups is 1. The first-order valence-electron chi connectivity index (χ1n) is 8.08. The third-order valence-electron chi connectivity index (χ3n) is 4.14. The fourth-order valence-electron chi connectivity index (χ4n) is 2.92. The molecule has 0 unspecified atom stereocenters. The van der Waals surface area contributed by atoms with Crippen LogP contribution in [0.1, 0.15) is 35.3 Å². The Balaban J connectivity index is 1.80. The maximum atomic E-state index is 12.5. The van der Waals surface area contributed by atoms with E-state index >= 15 is 0 Å². The zero-order chi connectivity index (χ0) is 16.1. The first kappa shape index (κ1) is 15.5.